The smallest absolute Gasteiger partial charge is 0.419 e. The Morgan fingerprint density at radius 1 is 1.38 bits per heavy atom. The Morgan fingerprint density at radius 3 is 2.67 bits per heavy atom. The second kappa shape index (κ2) is 5.08. The first-order chi connectivity index (χ1) is 9.70. The highest BCUT2D eigenvalue weighted by Crippen LogP contribution is 2.22. The van der Waals surface area contributed by atoms with Crippen LogP contribution in [0.25, 0.3) is 11.1 Å². The molecule has 0 radical (unpaired) electrons. The predicted octanol–water partition coefficient (Wildman–Crippen LogP) is 1.57. The van der Waals surface area contributed by atoms with Crippen LogP contribution in [0.1, 0.15) is 20.3 Å². The molecule has 0 atom stereocenters. The number of fused-ring (bicyclic) bond motifs is 1. The molecule has 2 N–H and O–H groups in total. The van der Waals surface area contributed by atoms with Gasteiger partial charge in [0.25, 0.3) is 0 Å². The predicted molar refractivity (Wildman–Crippen MR) is 76.1 cm³/mol. The van der Waals surface area contributed by atoms with Crippen LogP contribution in [-0.2, 0) is 16.6 Å². The molecule has 0 fully saturated rings. The summed E-state index contributed by atoms with van der Waals surface area (Å²) in [7, 11) is 1.56. The Balaban J connectivity index is 2.20. The van der Waals surface area contributed by atoms with E-state index in [9.17, 15) is 14.4 Å². The van der Waals surface area contributed by atoms with Gasteiger partial charge in [0.1, 0.15) is 0 Å². The molecule has 2 rings (SSSR count). The van der Waals surface area contributed by atoms with Crippen LogP contribution in [0.2, 0.25) is 0 Å². The summed E-state index contributed by atoms with van der Waals surface area (Å²) in [6.45, 7) is 2.97. The van der Waals surface area contributed by atoms with Crippen molar-refractivity contribution < 1.29 is 19.1 Å². The van der Waals surface area contributed by atoms with Gasteiger partial charge in [-0.1, -0.05) is 0 Å². The van der Waals surface area contributed by atoms with Gasteiger partial charge < -0.3 is 14.8 Å². The molecule has 1 heterocycles. The number of carbonyl (C=O) groups is 2. The fraction of sp³-hybridized carbons (Fsp3) is 0.357. The average Bonchev–Trinajstić information content (AvgIpc) is 2.65. The minimum atomic E-state index is -1.14. The molecule has 0 aliphatic carbocycles. The maximum atomic E-state index is 11.9. The van der Waals surface area contributed by atoms with Crippen molar-refractivity contribution in [2.24, 2.45) is 12.5 Å². The second-order valence-electron chi connectivity index (χ2n) is 5.52. The molecule has 112 valence electrons. The van der Waals surface area contributed by atoms with E-state index in [1.54, 1.807) is 25.2 Å². The summed E-state index contributed by atoms with van der Waals surface area (Å²) >= 11 is 0. The van der Waals surface area contributed by atoms with Crippen LogP contribution in [-0.4, -0.2) is 21.6 Å². The number of nitrogens with zero attached hydrogens (tertiary/aromatic N) is 1. The summed E-state index contributed by atoms with van der Waals surface area (Å²) in [5.74, 6) is -1.93. The largest absolute Gasteiger partial charge is 0.481 e. The number of carboxylic acids is 1. The van der Waals surface area contributed by atoms with Gasteiger partial charge in [-0.05, 0) is 32.0 Å². The van der Waals surface area contributed by atoms with E-state index >= 15 is 0 Å². The van der Waals surface area contributed by atoms with Crippen molar-refractivity contribution in [2.45, 2.75) is 20.3 Å². The molecular formula is C14H16N2O5. The highest BCUT2D eigenvalue weighted by Gasteiger charge is 2.30. The molecule has 0 saturated heterocycles. The first-order valence-electron chi connectivity index (χ1n) is 6.33. The molecular weight excluding hydrogens is 276 g/mol. The number of carboxylic acid groups (broad SMARTS) is 1. The lowest BCUT2D eigenvalue weighted by Crippen LogP contribution is -2.29. The fourth-order valence-corrected chi connectivity index (χ4v) is 1.89. The van der Waals surface area contributed by atoms with Crippen LogP contribution in [0, 0.1) is 5.41 Å². The van der Waals surface area contributed by atoms with E-state index in [-0.39, 0.29) is 6.42 Å². The first-order valence-corrected chi connectivity index (χ1v) is 6.33. The average molecular weight is 292 g/mol. The zero-order valence-corrected chi connectivity index (χ0v) is 12.0. The SMILES string of the molecule is Cn1c(=O)oc2ccc(NC(=O)CC(C)(C)C(=O)O)cc21. The summed E-state index contributed by atoms with van der Waals surface area (Å²) in [6, 6.07) is 4.78. The van der Waals surface area contributed by atoms with Crippen molar-refractivity contribution in [3.63, 3.8) is 0 Å². The summed E-state index contributed by atoms with van der Waals surface area (Å²) in [4.78, 5) is 34.3. The zero-order valence-electron chi connectivity index (χ0n) is 12.0. The molecule has 21 heavy (non-hydrogen) atoms. The van der Waals surface area contributed by atoms with Gasteiger partial charge in [0.05, 0.1) is 10.9 Å². The molecule has 0 aliphatic heterocycles. The van der Waals surface area contributed by atoms with Crippen LogP contribution < -0.4 is 11.1 Å². The second-order valence-corrected chi connectivity index (χ2v) is 5.52. The van der Waals surface area contributed by atoms with Crippen molar-refractivity contribution >= 4 is 28.7 Å². The number of benzene rings is 1. The monoisotopic (exact) mass is 292 g/mol. The first kappa shape index (κ1) is 14.8. The van der Waals surface area contributed by atoms with Crippen molar-refractivity contribution in [2.75, 3.05) is 5.32 Å². The third-order valence-electron chi connectivity index (χ3n) is 3.26. The molecule has 0 spiro atoms. The summed E-state index contributed by atoms with van der Waals surface area (Å²) in [5.41, 5.74) is 0.309. The number of aryl methyl sites for hydroxylation is 1. The number of aromatic nitrogens is 1. The molecule has 1 aromatic carbocycles. The standard InChI is InChI=1S/C14H16N2O5/c1-14(2,12(18)19)7-11(17)15-8-4-5-10-9(6-8)16(3)13(20)21-10/h4-6H,7H2,1-3H3,(H,15,17)(H,18,19). The number of hydrogen-bond acceptors (Lipinski definition) is 4. The fourth-order valence-electron chi connectivity index (χ4n) is 1.89. The lowest BCUT2D eigenvalue weighted by Gasteiger charge is -2.18. The maximum Gasteiger partial charge on any atom is 0.419 e. The zero-order chi connectivity index (χ0) is 15.8. The number of oxazole rings is 1. The van der Waals surface area contributed by atoms with Crippen LogP contribution >= 0.6 is 0 Å². The number of aliphatic carboxylic acids is 1. The Kier molecular flexibility index (Phi) is 3.59. The molecule has 7 heteroatoms. The normalized spacial score (nSPS) is 11.6. The molecule has 1 amide bonds. The van der Waals surface area contributed by atoms with Crippen molar-refractivity contribution in [1.82, 2.24) is 4.57 Å². The van der Waals surface area contributed by atoms with Crippen LogP contribution in [0.5, 0.6) is 0 Å². The number of hydrogen-bond donors (Lipinski definition) is 2. The Bertz CT molecular complexity index is 769. The number of carbonyl (C=O) groups excluding carboxylic acids is 1. The third kappa shape index (κ3) is 2.96. The van der Waals surface area contributed by atoms with Gasteiger partial charge in [-0.3, -0.25) is 14.2 Å². The van der Waals surface area contributed by atoms with Crippen molar-refractivity contribution in [3.05, 3.63) is 28.7 Å². The van der Waals surface area contributed by atoms with Gasteiger partial charge in [-0.25, -0.2) is 4.79 Å². The highest BCUT2D eigenvalue weighted by atomic mass is 16.4. The Hall–Kier alpha value is -2.57. The summed E-state index contributed by atoms with van der Waals surface area (Å²) in [5, 5.41) is 11.6. The number of nitrogens with one attached hydrogen (secondary N) is 1. The van der Waals surface area contributed by atoms with Gasteiger partial charge in [0, 0.05) is 19.2 Å². The molecule has 7 nitrogen and oxygen atoms in total. The van der Waals surface area contributed by atoms with E-state index in [1.807, 2.05) is 0 Å². The van der Waals surface area contributed by atoms with E-state index in [1.165, 1.54) is 18.4 Å². The van der Waals surface area contributed by atoms with Gasteiger partial charge in [0.15, 0.2) is 5.58 Å². The van der Waals surface area contributed by atoms with E-state index in [2.05, 4.69) is 5.32 Å². The van der Waals surface area contributed by atoms with Gasteiger partial charge in [-0.2, -0.15) is 0 Å². The Labute approximate surface area is 120 Å². The number of rotatable bonds is 4. The van der Waals surface area contributed by atoms with E-state index < -0.39 is 23.0 Å². The molecule has 0 saturated carbocycles. The topological polar surface area (TPSA) is 102 Å². The quantitative estimate of drug-likeness (QED) is 0.890. The molecule has 0 unspecified atom stereocenters. The molecule has 0 aliphatic rings. The number of anilines is 1. The van der Waals surface area contributed by atoms with Gasteiger partial charge in [-0.15, -0.1) is 0 Å². The maximum absolute atomic E-state index is 11.9. The highest BCUT2D eigenvalue weighted by molar-refractivity contribution is 5.95. The summed E-state index contributed by atoms with van der Waals surface area (Å²) in [6.07, 6.45) is -0.148. The van der Waals surface area contributed by atoms with Gasteiger partial charge >= 0.3 is 11.7 Å². The van der Waals surface area contributed by atoms with Crippen LogP contribution in [0.3, 0.4) is 0 Å². The molecule has 0 bridgehead atoms. The lowest BCUT2D eigenvalue weighted by molar-refractivity contribution is -0.148. The van der Waals surface area contributed by atoms with Gasteiger partial charge in [0.2, 0.25) is 5.91 Å². The van der Waals surface area contributed by atoms with E-state index in [0.29, 0.717) is 16.8 Å². The molecule has 2 aromatic rings. The van der Waals surface area contributed by atoms with Crippen molar-refractivity contribution in [3.8, 4) is 0 Å². The van der Waals surface area contributed by atoms with Crippen molar-refractivity contribution in [1.29, 1.82) is 0 Å². The van der Waals surface area contributed by atoms with Crippen LogP contribution in [0.15, 0.2) is 27.4 Å². The Morgan fingerprint density at radius 2 is 2.05 bits per heavy atom. The van der Waals surface area contributed by atoms with E-state index in [4.69, 9.17) is 9.52 Å². The molecule has 1 aromatic heterocycles. The van der Waals surface area contributed by atoms with E-state index in [0.717, 1.165) is 0 Å². The minimum absolute atomic E-state index is 0.148. The lowest BCUT2D eigenvalue weighted by atomic mass is 9.89. The third-order valence-corrected chi connectivity index (χ3v) is 3.26. The summed E-state index contributed by atoms with van der Waals surface area (Å²) < 4.78 is 6.31. The number of amides is 1. The minimum Gasteiger partial charge on any atom is -0.481 e. The van der Waals surface area contributed by atoms with Crippen LogP contribution in [0.4, 0.5) is 5.69 Å².